The molecule has 120 valence electrons. The molecule has 0 aromatic carbocycles. The summed E-state index contributed by atoms with van der Waals surface area (Å²) in [5, 5.41) is 11.7. The monoisotopic (exact) mass is 321 g/mol. The normalized spacial score (nSPS) is 19.0. The topological polar surface area (TPSA) is 63.5 Å². The highest BCUT2D eigenvalue weighted by Crippen LogP contribution is 2.24. The molecule has 2 rings (SSSR count). The molecule has 0 saturated carbocycles. The van der Waals surface area contributed by atoms with Crippen molar-refractivity contribution in [2.75, 3.05) is 44.7 Å². The van der Waals surface area contributed by atoms with Crippen LogP contribution in [0.15, 0.2) is 5.38 Å². The van der Waals surface area contributed by atoms with E-state index in [0.717, 1.165) is 30.5 Å². The fourth-order valence-electron chi connectivity index (χ4n) is 2.59. The number of nitrogens with zero attached hydrogens (tertiary/aromatic N) is 5. The first-order valence-corrected chi connectivity index (χ1v) is 8.41. The Morgan fingerprint density at radius 1 is 1.59 bits per heavy atom. The van der Waals surface area contributed by atoms with Crippen LogP contribution in [0.2, 0.25) is 0 Å². The van der Waals surface area contributed by atoms with Crippen LogP contribution in [0.25, 0.3) is 0 Å². The summed E-state index contributed by atoms with van der Waals surface area (Å²) >= 11 is 1.68. The maximum atomic E-state index is 12.1. The van der Waals surface area contributed by atoms with E-state index in [2.05, 4.69) is 33.2 Å². The lowest BCUT2D eigenvalue weighted by molar-refractivity contribution is -0.131. The van der Waals surface area contributed by atoms with Crippen molar-refractivity contribution < 1.29 is 4.79 Å². The van der Waals surface area contributed by atoms with Gasteiger partial charge in [0.05, 0.1) is 24.7 Å². The molecule has 1 saturated heterocycles. The van der Waals surface area contributed by atoms with Gasteiger partial charge in [0.2, 0.25) is 5.91 Å². The van der Waals surface area contributed by atoms with Gasteiger partial charge >= 0.3 is 0 Å². The van der Waals surface area contributed by atoms with Crippen molar-refractivity contribution >= 4 is 22.4 Å². The van der Waals surface area contributed by atoms with E-state index >= 15 is 0 Å². The number of aromatic nitrogens is 1. The van der Waals surface area contributed by atoms with E-state index in [1.165, 1.54) is 0 Å². The standard InChI is InChI=1S/C15H23N5OS/c1-12-11-22-15(17-12)20-8-7-19(9-13(20)2)10-14(21)18(3)6-4-5-16/h11,13H,4,6-10H2,1-3H3. The number of amides is 1. The Hall–Kier alpha value is -1.65. The number of hydrogen-bond donors (Lipinski definition) is 0. The second-order valence-corrected chi connectivity index (χ2v) is 6.61. The fourth-order valence-corrected chi connectivity index (χ4v) is 3.52. The Balaban J connectivity index is 1.85. The van der Waals surface area contributed by atoms with Gasteiger partial charge in [0.1, 0.15) is 0 Å². The minimum Gasteiger partial charge on any atom is -0.344 e. The minimum atomic E-state index is 0.0843. The second kappa shape index (κ2) is 7.56. The molecule has 1 fully saturated rings. The van der Waals surface area contributed by atoms with Crippen LogP contribution in [0.1, 0.15) is 19.0 Å². The molecule has 1 unspecified atom stereocenters. The average molecular weight is 321 g/mol. The van der Waals surface area contributed by atoms with Gasteiger partial charge in [0, 0.05) is 44.6 Å². The minimum absolute atomic E-state index is 0.0843. The van der Waals surface area contributed by atoms with E-state index in [-0.39, 0.29) is 5.91 Å². The van der Waals surface area contributed by atoms with E-state index in [9.17, 15) is 4.79 Å². The Morgan fingerprint density at radius 2 is 2.36 bits per heavy atom. The molecule has 0 aliphatic carbocycles. The van der Waals surface area contributed by atoms with Gasteiger partial charge in [-0.15, -0.1) is 11.3 Å². The summed E-state index contributed by atoms with van der Waals surface area (Å²) in [5.41, 5.74) is 1.06. The molecule has 22 heavy (non-hydrogen) atoms. The first kappa shape index (κ1) is 16.7. The van der Waals surface area contributed by atoms with Crippen molar-refractivity contribution in [3.63, 3.8) is 0 Å². The molecule has 7 heteroatoms. The highest BCUT2D eigenvalue weighted by molar-refractivity contribution is 7.13. The van der Waals surface area contributed by atoms with Crippen molar-refractivity contribution in [1.82, 2.24) is 14.8 Å². The number of rotatable bonds is 5. The Kier molecular flexibility index (Phi) is 5.75. The zero-order chi connectivity index (χ0) is 16.1. The van der Waals surface area contributed by atoms with Gasteiger partial charge in [0.25, 0.3) is 0 Å². The van der Waals surface area contributed by atoms with Crippen LogP contribution in [-0.2, 0) is 4.79 Å². The van der Waals surface area contributed by atoms with Crippen LogP contribution in [-0.4, -0.2) is 66.5 Å². The number of anilines is 1. The van der Waals surface area contributed by atoms with Gasteiger partial charge in [-0.25, -0.2) is 4.98 Å². The number of carbonyl (C=O) groups is 1. The van der Waals surface area contributed by atoms with Gasteiger partial charge in [-0.2, -0.15) is 5.26 Å². The summed E-state index contributed by atoms with van der Waals surface area (Å²) in [6.07, 6.45) is 0.385. The summed E-state index contributed by atoms with van der Waals surface area (Å²) < 4.78 is 0. The SMILES string of the molecule is Cc1csc(N2CCN(CC(=O)N(C)CCC#N)CC2C)n1. The molecule has 1 aromatic rings. The quantitative estimate of drug-likeness (QED) is 0.819. The molecule has 1 aromatic heterocycles. The molecular weight excluding hydrogens is 298 g/mol. The lowest BCUT2D eigenvalue weighted by atomic mass is 10.2. The van der Waals surface area contributed by atoms with Crippen molar-refractivity contribution in [1.29, 1.82) is 5.26 Å². The van der Waals surface area contributed by atoms with Crippen LogP contribution in [0, 0.1) is 18.3 Å². The maximum absolute atomic E-state index is 12.1. The summed E-state index contributed by atoms with van der Waals surface area (Å²) in [5.74, 6) is 0.0843. The van der Waals surface area contributed by atoms with Crippen molar-refractivity contribution in [2.24, 2.45) is 0 Å². The molecule has 2 heterocycles. The van der Waals surface area contributed by atoms with Gasteiger partial charge < -0.3 is 9.80 Å². The third-order valence-electron chi connectivity index (χ3n) is 3.91. The fraction of sp³-hybridized carbons (Fsp3) is 0.667. The number of hydrogen-bond acceptors (Lipinski definition) is 6. The number of piperazine rings is 1. The lowest BCUT2D eigenvalue weighted by Crippen LogP contribution is -2.54. The first-order chi connectivity index (χ1) is 10.5. The smallest absolute Gasteiger partial charge is 0.236 e. The average Bonchev–Trinajstić information content (AvgIpc) is 2.91. The summed E-state index contributed by atoms with van der Waals surface area (Å²) in [7, 11) is 1.76. The third kappa shape index (κ3) is 4.18. The molecule has 0 N–H and O–H groups in total. The zero-order valence-electron chi connectivity index (χ0n) is 13.4. The Labute approximate surface area is 135 Å². The molecule has 0 radical (unpaired) electrons. The Bertz CT molecular complexity index is 552. The van der Waals surface area contributed by atoms with E-state index < -0.39 is 0 Å². The molecule has 1 aliphatic rings. The predicted molar refractivity (Wildman–Crippen MR) is 88.0 cm³/mol. The highest BCUT2D eigenvalue weighted by atomic mass is 32.1. The molecule has 1 amide bonds. The van der Waals surface area contributed by atoms with Crippen LogP contribution in [0.3, 0.4) is 0 Å². The Morgan fingerprint density at radius 3 is 2.95 bits per heavy atom. The van der Waals surface area contributed by atoms with Gasteiger partial charge in [-0.1, -0.05) is 0 Å². The number of likely N-dealkylation sites (N-methyl/N-ethyl adjacent to an activating group) is 1. The second-order valence-electron chi connectivity index (χ2n) is 5.77. The zero-order valence-corrected chi connectivity index (χ0v) is 14.3. The van der Waals surface area contributed by atoms with Crippen LogP contribution in [0.4, 0.5) is 5.13 Å². The number of thiazole rings is 1. The first-order valence-electron chi connectivity index (χ1n) is 7.53. The molecular formula is C15H23N5OS. The summed E-state index contributed by atoms with van der Waals surface area (Å²) in [6.45, 7) is 7.73. The van der Waals surface area contributed by atoms with Crippen LogP contribution < -0.4 is 4.90 Å². The van der Waals surface area contributed by atoms with E-state index in [1.54, 1.807) is 23.3 Å². The largest absolute Gasteiger partial charge is 0.344 e. The summed E-state index contributed by atoms with van der Waals surface area (Å²) in [6, 6.07) is 2.41. The van der Waals surface area contributed by atoms with Gasteiger partial charge in [-0.3, -0.25) is 9.69 Å². The van der Waals surface area contributed by atoms with Crippen molar-refractivity contribution in [2.45, 2.75) is 26.3 Å². The van der Waals surface area contributed by atoms with E-state index in [1.807, 2.05) is 6.92 Å². The van der Waals surface area contributed by atoms with Crippen LogP contribution >= 0.6 is 11.3 Å². The third-order valence-corrected chi connectivity index (χ3v) is 4.90. The molecule has 1 atom stereocenters. The number of carbonyl (C=O) groups excluding carboxylic acids is 1. The molecule has 0 spiro atoms. The molecule has 1 aliphatic heterocycles. The number of nitriles is 1. The number of aryl methyl sites for hydroxylation is 1. The van der Waals surface area contributed by atoms with Crippen molar-refractivity contribution in [3.05, 3.63) is 11.1 Å². The summed E-state index contributed by atoms with van der Waals surface area (Å²) in [4.78, 5) is 22.8. The van der Waals surface area contributed by atoms with E-state index in [4.69, 9.17) is 5.26 Å². The highest BCUT2D eigenvalue weighted by Gasteiger charge is 2.27. The lowest BCUT2D eigenvalue weighted by Gasteiger charge is -2.39. The van der Waals surface area contributed by atoms with Crippen LogP contribution in [0.5, 0.6) is 0 Å². The van der Waals surface area contributed by atoms with Gasteiger partial charge in [-0.05, 0) is 13.8 Å². The van der Waals surface area contributed by atoms with Crippen molar-refractivity contribution in [3.8, 4) is 6.07 Å². The molecule has 0 bridgehead atoms. The van der Waals surface area contributed by atoms with Gasteiger partial charge in [0.15, 0.2) is 5.13 Å². The maximum Gasteiger partial charge on any atom is 0.236 e. The van der Waals surface area contributed by atoms with E-state index in [0.29, 0.717) is 25.6 Å². The predicted octanol–water partition coefficient (Wildman–Crippen LogP) is 1.33. The molecule has 6 nitrogen and oxygen atoms in total.